The number of carbonyl (C=O) groups excluding carboxylic acids is 1. The maximum atomic E-state index is 12.5. The van der Waals surface area contributed by atoms with Gasteiger partial charge < -0.3 is 14.5 Å². The van der Waals surface area contributed by atoms with Crippen molar-refractivity contribution in [1.29, 1.82) is 0 Å². The number of thiophene rings is 1. The second-order valence-corrected chi connectivity index (χ2v) is 7.66. The van der Waals surface area contributed by atoms with Crippen molar-refractivity contribution in [3.05, 3.63) is 50.4 Å². The van der Waals surface area contributed by atoms with Crippen molar-refractivity contribution in [2.45, 2.75) is 26.9 Å². The first-order valence-corrected chi connectivity index (χ1v) is 9.34. The number of aromatic amines is 1. The fraction of sp³-hybridized carbons (Fsp3) is 0.316. The lowest BCUT2D eigenvalue weighted by Crippen LogP contribution is -2.21. The van der Waals surface area contributed by atoms with Crippen molar-refractivity contribution in [3.8, 4) is 11.5 Å². The van der Waals surface area contributed by atoms with E-state index in [2.05, 4.69) is 9.97 Å². The summed E-state index contributed by atoms with van der Waals surface area (Å²) in [6.07, 6.45) is 0. The summed E-state index contributed by atoms with van der Waals surface area (Å²) in [6.45, 7) is 4.69. The minimum absolute atomic E-state index is 0.0450. The number of nitrogens with one attached hydrogen (secondary N) is 1. The molecule has 0 saturated heterocycles. The molecule has 0 spiro atoms. The maximum Gasteiger partial charge on any atom is 0.259 e. The van der Waals surface area contributed by atoms with Gasteiger partial charge >= 0.3 is 0 Å². The van der Waals surface area contributed by atoms with Gasteiger partial charge in [-0.3, -0.25) is 14.5 Å². The van der Waals surface area contributed by atoms with E-state index in [0.717, 1.165) is 17.1 Å². The number of ketones is 1. The Kier molecular flexibility index (Phi) is 4.45. The molecule has 3 heterocycles. The van der Waals surface area contributed by atoms with Crippen molar-refractivity contribution in [2.24, 2.45) is 0 Å². The number of rotatable bonds is 5. The molecule has 2 aromatic heterocycles. The van der Waals surface area contributed by atoms with E-state index >= 15 is 0 Å². The minimum Gasteiger partial charge on any atom is -0.454 e. The van der Waals surface area contributed by atoms with Gasteiger partial charge in [-0.05, 0) is 44.2 Å². The molecule has 3 aromatic rings. The van der Waals surface area contributed by atoms with E-state index in [4.69, 9.17) is 9.47 Å². The van der Waals surface area contributed by atoms with E-state index < -0.39 is 0 Å². The molecule has 1 aliphatic rings. The first kappa shape index (κ1) is 17.7. The third-order valence-electron chi connectivity index (χ3n) is 4.48. The van der Waals surface area contributed by atoms with E-state index in [1.54, 1.807) is 6.92 Å². The van der Waals surface area contributed by atoms with Crippen LogP contribution < -0.4 is 15.0 Å². The number of hydrogen-bond acceptors (Lipinski definition) is 7. The van der Waals surface area contributed by atoms with Gasteiger partial charge in [-0.1, -0.05) is 6.07 Å². The standard InChI is InChI=1S/C19H19N3O4S/c1-10-16-18(24)20-15(21-19(16)27-17(10)11(2)23)8-22(3)7-12-4-5-13-14(6-12)26-9-25-13/h4-6H,7-9H2,1-3H3,(H,20,21,24). The zero-order valence-corrected chi connectivity index (χ0v) is 16.1. The van der Waals surface area contributed by atoms with Crippen molar-refractivity contribution >= 4 is 27.3 Å². The van der Waals surface area contributed by atoms with Crippen LogP contribution in [0.15, 0.2) is 23.0 Å². The highest BCUT2D eigenvalue weighted by molar-refractivity contribution is 7.20. The molecular formula is C19H19N3O4S. The SMILES string of the molecule is CC(=O)c1sc2nc(CN(C)Cc3ccc4c(c3)OCO4)[nH]c(=O)c2c1C. The number of H-pyrrole nitrogens is 1. The Morgan fingerprint density at radius 3 is 2.85 bits per heavy atom. The number of ether oxygens (including phenoxy) is 2. The molecule has 1 aliphatic heterocycles. The van der Waals surface area contributed by atoms with Gasteiger partial charge in [-0.25, -0.2) is 4.98 Å². The second kappa shape index (κ2) is 6.79. The van der Waals surface area contributed by atoms with E-state index in [1.807, 2.05) is 30.1 Å². The summed E-state index contributed by atoms with van der Waals surface area (Å²) in [4.78, 5) is 34.9. The molecule has 0 atom stereocenters. The van der Waals surface area contributed by atoms with E-state index in [9.17, 15) is 9.59 Å². The van der Waals surface area contributed by atoms with Gasteiger partial charge in [0.05, 0.1) is 16.8 Å². The third kappa shape index (κ3) is 3.33. The van der Waals surface area contributed by atoms with Crippen molar-refractivity contribution in [1.82, 2.24) is 14.9 Å². The van der Waals surface area contributed by atoms with Crippen LogP contribution in [-0.4, -0.2) is 34.5 Å². The molecule has 8 heteroatoms. The molecule has 27 heavy (non-hydrogen) atoms. The number of benzene rings is 1. The molecular weight excluding hydrogens is 366 g/mol. The van der Waals surface area contributed by atoms with Gasteiger partial charge in [0.1, 0.15) is 10.7 Å². The topological polar surface area (TPSA) is 84.5 Å². The van der Waals surface area contributed by atoms with Crippen LogP contribution in [0.3, 0.4) is 0 Å². The summed E-state index contributed by atoms with van der Waals surface area (Å²) in [5, 5.41) is 0.507. The zero-order chi connectivity index (χ0) is 19.1. The van der Waals surface area contributed by atoms with Crippen LogP contribution >= 0.6 is 11.3 Å². The van der Waals surface area contributed by atoms with E-state index in [1.165, 1.54) is 18.3 Å². The van der Waals surface area contributed by atoms with Crippen LogP contribution in [0.25, 0.3) is 10.2 Å². The molecule has 0 aliphatic carbocycles. The summed E-state index contributed by atoms with van der Waals surface area (Å²) in [6, 6.07) is 5.85. The highest BCUT2D eigenvalue weighted by Crippen LogP contribution is 2.33. The van der Waals surface area contributed by atoms with Crippen LogP contribution in [0, 0.1) is 6.92 Å². The number of nitrogens with zero attached hydrogens (tertiary/aromatic N) is 2. The van der Waals surface area contributed by atoms with Gasteiger partial charge in [0.15, 0.2) is 17.3 Å². The Hall–Kier alpha value is -2.71. The van der Waals surface area contributed by atoms with Crippen LogP contribution in [0.5, 0.6) is 11.5 Å². The van der Waals surface area contributed by atoms with Crippen molar-refractivity contribution in [3.63, 3.8) is 0 Å². The predicted molar refractivity (Wildman–Crippen MR) is 103 cm³/mol. The molecule has 0 fully saturated rings. The predicted octanol–water partition coefficient (Wildman–Crippen LogP) is 2.86. The molecule has 0 radical (unpaired) electrons. The first-order valence-electron chi connectivity index (χ1n) is 8.52. The Morgan fingerprint density at radius 1 is 1.30 bits per heavy atom. The molecule has 140 valence electrons. The highest BCUT2D eigenvalue weighted by atomic mass is 32.1. The highest BCUT2D eigenvalue weighted by Gasteiger charge is 2.18. The van der Waals surface area contributed by atoms with Crippen molar-refractivity contribution < 1.29 is 14.3 Å². The van der Waals surface area contributed by atoms with Gasteiger partial charge in [0.2, 0.25) is 6.79 Å². The second-order valence-electron chi connectivity index (χ2n) is 6.67. The summed E-state index contributed by atoms with van der Waals surface area (Å²) in [5.74, 6) is 2.04. The van der Waals surface area contributed by atoms with E-state index in [0.29, 0.717) is 39.6 Å². The maximum absolute atomic E-state index is 12.5. The fourth-order valence-corrected chi connectivity index (χ4v) is 4.36. The smallest absolute Gasteiger partial charge is 0.259 e. The van der Waals surface area contributed by atoms with Gasteiger partial charge in [-0.2, -0.15) is 0 Å². The van der Waals surface area contributed by atoms with E-state index in [-0.39, 0.29) is 18.1 Å². The number of aromatic nitrogens is 2. The molecule has 1 aromatic carbocycles. The molecule has 4 rings (SSSR count). The van der Waals surface area contributed by atoms with Gasteiger partial charge in [0, 0.05) is 6.54 Å². The minimum atomic E-state index is -0.201. The Balaban J connectivity index is 1.56. The molecule has 0 bridgehead atoms. The lowest BCUT2D eigenvalue weighted by Gasteiger charge is -2.16. The first-order chi connectivity index (χ1) is 12.9. The average Bonchev–Trinajstić information content (AvgIpc) is 3.18. The van der Waals surface area contributed by atoms with Crippen LogP contribution in [0.2, 0.25) is 0 Å². The molecule has 1 N–H and O–H groups in total. The van der Waals surface area contributed by atoms with Crippen LogP contribution in [-0.2, 0) is 13.1 Å². The molecule has 7 nitrogen and oxygen atoms in total. The number of Topliss-reactive ketones (excluding diaryl/α,β-unsaturated/α-hetero) is 1. The largest absolute Gasteiger partial charge is 0.454 e. The normalized spacial score (nSPS) is 12.9. The lowest BCUT2D eigenvalue weighted by atomic mass is 10.2. The Morgan fingerprint density at radius 2 is 2.07 bits per heavy atom. The summed E-state index contributed by atoms with van der Waals surface area (Å²) < 4.78 is 10.7. The summed E-state index contributed by atoms with van der Waals surface area (Å²) in [5.41, 5.74) is 1.58. The Labute approximate surface area is 159 Å². The lowest BCUT2D eigenvalue weighted by molar-refractivity contribution is 0.102. The quantitative estimate of drug-likeness (QED) is 0.680. The average molecular weight is 385 g/mol. The zero-order valence-electron chi connectivity index (χ0n) is 15.3. The number of hydrogen-bond donors (Lipinski definition) is 1. The van der Waals surface area contributed by atoms with Crippen LogP contribution in [0.1, 0.15) is 33.5 Å². The summed E-state index contributed by atoms with van der Waals surface area (Å²) >= 11 is 1.28. The number of aryl methyl sites for hydroxylation is 1. The van der Waals surface area contributed by atoms with Gasteiger partial charge in [-0.15, -0.1) is 11.3 Å². The Bertz CT molecular complexity index is 1100. The fourth-order valence-electron chi connectivity index (χ4n) is 3.26. The molecule has 0 saturated carbocycles. The summed E-state index contributed by atoms with van der Waals surface area (Å²) in [7, 11) is 1.95. The van der Waals surface area contributed by atoms with Gasteiger partial charge in [0.25, 0.3) is 5.56 Å². The number of fused-ring (bicyclic) bond motifs is 2. The molecule has 0 unspecified atom stereocenters. The monoisotopic (exact) mass is 385 g/mol. The van der Waals surface area contributed by atoms with Crippen molar-refractivity contribution in [2.75, 3.05) is 13.8 Å². The molecule has 0 amide bonds. The third-order valence-corrected chi connectivity index (χ3v) is 5.77. The van der Waals surface area contributed by atoms with Crippen LogP contribution in [0.4, 0.5) is 0 Å². The number of carbonyl (C=O) groups is 1.